The predicted molar refractivity (Wildman–Crippen MR) is 73.1 cm³/mol. The molecule has 0 aliphatic carbocycles. The Labute approximate surface area is 115 Å². The Morgan fingerprint density at radius 2 is 2.18 bits per heavy atom. The van der Waals surface area contributed by atoms with E-state index >= 15 is 0 Å². The Morgan fingerprint density at radius 1 is 1.47 bits per heavy atom. The third-order valence-corrected chi connectivity index (χ3v) is 3.97. The van der Waals surface area contributed by atoms with E-state index in [1.807, 2.05) is 37.3 Å². The Bertz CT molecular complexity index is 380. The molecule has 3 atom stereocenters. The monoisotopic (exact) mass is 346 g/mol. The van der Waals surface area contributed by atoms with Crippen LogP contribution in [-0.4, -0.2) is 23.1 Å². The van der Waals surface area contributed by atoms with Crippen LogP contribution in [0.2, 0.25) is 0 Å². The van der Waals surface area contributed by atoms with Gasteiger partial charge in [-0.3, -0.25) is 4.79 Å². The normalized spacial score (nSPS) is 28.0. The van der Waals surface area contributed by atoms with Gasteiger partial charge in [-0.25, -0.2) is 0 Å². The van der Waals surface area contributed by atoms with Crippen molar-refractivity contribution in [1.29, 1.82) is 0 Å². The summed E-state index contributed by atoms with van der Waals surface area (Å²) in [4.78, 5) is 11.9. The number of rotatable bonds is 3. The first kappa shape index (κ1) is 12.8. The van der Waals surface area contributed by atoms with Gasteiger partial charge in [-0.15, -0.1) is 0 Å². The van der Waals surface area contributed by atoms with Crippen LogP contribution in [0.25, 0.3) is 0 Å². The van der Waals surface area contributed by atoms with Crippen LogP contribution in [0.15, 0.2) is 30.3 Å². The molecule has 17 heavy (non-hydrogen) atoms. The number of ether oxygens (including phenoxy) is 2. The highest BCUT2D eigenvalue weighted by atomic mass is 127. The lowest BCUT2D eigenvalue weighted by molar-refractivity contribution is -0.149. The molecule has 1 heterocycles. The smallest absolute Gasteiger partial charge is 0.313 e. The van der Waals surface area contributed by atoms with E-state index in [1.54, 1.807) is 0 Å². The molecule has 0 aromatic heterocycles. The molecule has 0 saturated carbocycles. The fourth-order valence-corrected chi connectivity index (χ4v) is 2.93. The van der Waals surface area contributed by atoms with Crippen LogP contribution in [0.1, 0.15) is 18.6 Å². The second kappa shape index (κ2) is 5.82. The molecule has 0 spiro atoms. The van der Waals surface area contributed by atoms with Gasteiger partial charge in [-0.1, -0.05) is 52.9 Å². The van der Waals surface area contributed by atoms with E-state index in [0.29, 0.717) is 13.2 Å². The molecule has 1 saturated heterocycles. The van der Waals surface area contributed by atoms with Gasteiger partial charge >= 0.3 is 5.97 Å². The number of carbonyl (C=O) groups excluding carboxylic acids is 1. The minimum Gasteiger partial charge on any atom is -0.466 e. The SMILES string of the molecule is CCOC(=O)C1C(I)COC1c1ccccc1. The second-order valence-electron chi connectivity index (χ2n) is 3.96. The largest absolute Gasteiger partial charge is 0.466 e. The molecular weight excluding hydrogens is 331 g/mol. The van der Waals surface area contributed by atoms with E-state index in [-0.39, 0.29) is 21.9 Å². The number of halogens is 1. The average molecular weight is 346 g/mol. The molecule has 0 bridgehead atoms. The van der Waals surface area contributed by atoms with Gasteiger partial charge in [0.25, 0.3) is 0 Å². The van der Waals surface area contributed by atoms with Gasteiger partial charge in [-0.05, 0) is 12.5 Å². The van der Waals surface area contributed by atoms with Crippen molar-refractivity contribution in [2.75, 3.05) is 13.2 Å². The molecule has 1 aromatic carbocycles. The maximum Gasteiger partial charge on any atom is 0.313 e. The molecule has 0 N–H and O–H groups in total. The number of alkyl halides is 1. The van der Waals surface area contributed by atoms with Crippen LogP contribution >= 0.6 is 22.6 Å². The lowest BCUT2D eigenvalue weighted by Gasteiger charge is -2.18. The molecule has 1 aliphatic heterocycles. The van der Waals surface area contributed by atoms with Crippen LogP contribution in [-0.2, 0) is 14.3 Å². The molecule has 4 heteroatoms. The van der Waals surface area contributed by atoms with Gasteiger partial charge in [0.15, 0.2) is 0 Å². The summed E-state index contributed by atoms with van der Waals surface area (Å²) >= 11 is 2.27. The predicted octanol–water partition coefficient (Wildman–Crippen LogP) is 2.74. The number of esters is 1. The average Bonchev–Trinajstić information content (AvgIpc) is 2.73. The fraction of sp³-hybridized carbons (Fsp3) is 0.462. The van der Waals surface area contributed by atoms with E-state index in [2.05, 4.69) is 22.6 Å². The summed E-state index contributed by atoms with van der Waals surface area (Å²) in [5.41, 5.74) is 1.05. The fourth-order valence-electron chi connectivity index (χ4n) is 2.05. The zero-order chi connectivity index (χ0) is 12.3. The third-order valence-electron chi connectivity index (χ3n) is 2.84. The van der Waals surface area contributed by atoms with Crippen LogP contribution in [0.5, 0.6) is 0 Å². The first-order valence-corrected chi connectivity index (χ1v) is 6.96. The highest BCUT2D eigenvalue weighted by molar-refractivity contribution is 14.1. The summed E-state index contributed by atoms with van der Waals surface area (Å²) in [6.45, 7) is 2.84. The number of carbonyl (C=O) groups is 1. The summed E-state index contributed by atoms with van der Waals surface area (Å²) in [5.74, 6) is -0.351. The quantitative estimate of drug-likeness (QED) is 0.480. The van der Waals surface area contributed by atoms with Gasteiger partial charge in [0.2, 0.25) is 0 Å². The lowest BCUT2D eigenvalue weighted by atomic mass is 9.95. The van der Waals surface area contributed by atoms with Crippen molar-refractivity contribution in [1.82, 2.24) is 0 Å². The van der Waals surface area contributed by atoms with E-state index in [1.165, 1.54) is 0 Å². The summed E-state index contributed by atoms with van der Waals surface area (Å²) in [5, 5.41) is 0. The van der Waals surface area contributed by atoms with Gasteiger partial charge in [0, 0.05) is 0 Å². The molecule has 3 nitrogen and oxygen atoms in total. The standard InChI is InChI=1S/C13H15IO3/c1-2-16-13(15)11-10(14)8-17-12(11)9-6-4-3-5-7-9/h3-7,10-12H,2,8H2,1H3. The minimum absolute atomic E-state index is 0.154. The maximum atomic E-state index is 11.9. The van der Waals surface area contributed by atoms with Gasteiger partial charge < -0.3 is 9.47 Å². The Hall–Kier alpha value is -0.620. The van der Waals surface area contributed by atoms with E-state index in [9.17, 15) is 4.79 Å². The summed E-state index contributed by atoms with van der Waals surface area (Å²) < 4.78 is 11.0. The summed E-state index contributed by atoms with van der Waals surface area (Å²) in [6.07, 6.45) is -0.169. The van der Waals surface area contributed by atoms with Crippen molar-refractivity contribution >= 4 is 28.6 Å². The maximum absolute atomic E-state index is 11.9. The molecule has 1 fully saturated rings. The van der Waals surface area contributed by atoms with Gasteiger partial charge in [-0.2, -0.15) is 0 Å². The molecule has 1 aliphatic rings. The molecule has 2 rings (SSSR count). The molecule has 92 valence electrons. The Balaban J connectivity index is 2.19. The van der Waals surface area contributed by atoms with E-state index in [4.69, 9.17) is 9.47 Å². The van der Waals surface area contributed by atoms with Crippen molar-refractivity contribution in [2.24, 2.45) is 5.92 Å². The zero-order valence-electron chi connectivity index (χ0n) is 9.64. The topological polar surface area (TPSA) is 35.5 Å². The van der Waals surface area contributed by atoms with Crippen molar-refractivity contribution < 1.29 is 14.3 Å². The van der Waals surface area contributed by atoms with Crippen LogP contribution < -0.4 is 0 Å². The highest BCUT2D eigenvalue weighted by Crippen LogP contribution is 2.39. The van der Waals surface area contributed by atoms with Crippen molar-refractivity contribution in [3.8, 4) is 0 Å². The van der Waals surface area contributed by atoms with Crippen LogP contribution in [0.3, 0.4) is 0 Å². The first-order chi connectivity index (χ1) is 8.24. The third kappa shape index (κ3) is 2.80. The molecule has 0 amide bonds. The Kier molecular flexibility index (Phi) is 4.39. The summed E-state index contributed by atoms with van der Waals surface area (Å²) in [7, 11) is 0. The summed E-state index contributed by atoms with van der Waals surface area (Å²) in [6, 6.07) is 9.86. The van der Waals surface area contributed by atoms with E-state index in [0.717, 1.165) is 5.56 Å². The molecule has 3 unspecified atom stereocenters. The van der Waals surface area contributed by atoms with Gasteiger partial charge in [0.05, 0.1) is 23.2 Å². The highest BCUT2D eigenvalue weighted by Gasteiger charge is 2.42. The van der Waals surface area contributed by atoms with Crippen molar-refractivity contribution in [3.05, 3.63) is 35.9 Å². The number of hydrogen-bond donors (Lipinski definition) is 0. The van der Waals surface area contributed by atoms with Crippen molar-refractivity contribution in [2.45, 2.75) is 17.0 Å². The first-order valence-electron chi connectivity index (χ1n) is 5.71. The number of benzene rings is 1. The second-order valence-corrected chi connectivity index (χ2v) is 5.56. The lowest BCUT2D eigenvalue weighted by Crippen LogP contribution is -2.26. The molecular formula is C13H15IO3. The van der Waals surface area contributed by atoms with Crippen LogP contribution in [0.4, 0.5) is 0 Å². The van der Waals surface area contributed by atoms with Crippen molar-refractivity contribution in [3.63, 3.8) is 0 Å². The van der Waals surface area contributed by atoms with Gasteiger partial charge in [0.1, 0.15) is 5.92 Å². The van der Waals surface area contributed by atoms with Crippen LogP contribution in [0, 0.1) is 5.92 Å². The number of hydrogen-bond acceptors (Lipinski definition) is 3. The Morgan fingerprint density at radius 3 is 2.82 bits per heavy atom. The van der Waals surface area contributed by atoms with E-state index < -0.39 is 0 Å². The minimum atomic E-state index is -0.196. The zero-order valence-corrected chi connectivity index (χ0v) is 11.8. The molecule has 0 radical (unpaired) electrons. The molecule has 1 aromatic rings.